The smallest absolute Gasteiger partial charge is 0.328 e. The predicted octanol–water partition coefficient (Wildman–Crippen LogP) is 1.38. The van der Waals surface area contributed by atoms with Crippen LogP contribution in [0.15, 0.2) is 12.1 Å². The van der Waals surface area contributed by atoms with E-state index in [4.69, 9.17) is 4.74 Å². The van der Waals surface area contributed by atoms with Gasteiger partial charge >= 0.3 is 5.97 Å². The molecule has 3 rings (SSSR count). The highest BCUT2D eigenvalue weighted by molar-refractivity contribution is 5.88. The molecule has 2 aromatic rings. The molecule has 1 aliphatic rings. The number of nitrogens with one attached hydrogen (secondary N) is 1. The van der Waals surface area contributed by atoms with Gasteiger partial charge in [0.1, 0.15) is 17.7 Å². The average molecular weight is 358 g/mol. The lowest BCUT2D eigenvalue weighted by atomic mass is 10.2. The molecule has 1 fully saturated rings. The molecule has 9 nitrogen and oxygen atoms in total. The van der Waals surface area contributed by atoms with Crippen LogP contribution in [0.1, 0.15) is 31.2 Å². The van der Waals surface area contributed by atoms with Crippen LogP contribution in [0.5, 0.6) is 0 Å². The molecule has 0 bridgehead atoms. The highest BCUT2D eigenvalue weighted by Gasteiger charge is 2.33. The molecular formula is C17H22N6O3. The molecule has 1 aliphatic heterocycles. The number of hydrogen-bond donors (Lipinski definition) is 1. The molecule has 1 amide bonds. The van der Waals surface area contributed by atoms with Crippen LogP contribution in [0.4, 0.5) is 11.6 Å². The zero-order valence-electron chi connectivity index (χ0n) is 15.3. The molecule has 26 heavy (non-hydrogen) atoms. The van der Waals surface area contributed by atoms with Gasteiger partial charge in [-0.25, -0.2) is 9.48 Å². The fourth-order valence-electron chi connectivity index (χ4n) is 3.16. The Morgan fingerprint density at radius 1 is 1.27 bits per heavy atom. The lowest BCUT2D eigenvalue weighted by Crippen LogP contribution is -2.37. The van der Waals surface area contributed by atoms with Crippen molar-refractivity contribution >= 4 is 23.5 Å². The number of esters is 1. The van der Waals surface area contributed by atoms with Crippen molar-refractivity contribution in [2.24, 2.45) is 0 Å². The summed E-state index contributed by atoms with van der Waals surface area (Å²) in [5.74, 6) is 0.724. The Balaban J connectivity index is 2.07. The van der Waals surface area contributed by atoms with Crippen LogP contribution in [0, 0.1) is 13.8 Å². The summed E-state index contributed by atoms with van der Waals surface area (Å²) in [6.07, 6.45) is 1.55. The Labute approximate surface area is 151 Å². The Kier molecular flexibility index (Phi) is 4.88. The minimum atomic E-state index is -0.395. The van der Waals surface area contributed by atoms with Gasteiger partial charge in [0.2, 0.25) is 5.91 Å². The van der Waals surface area contributed by atoms with E-state index in [0.29, 0.717) is 30.5 Å². The summed E-state index contributed by atoms with van der Waals surface area (Å²) in [7, 11) is 1.38. The molecule has 0 unspecified atom stereocenters. The van der Waals surface area contributed by atoms with Gasteiger partial charge in [0, 0.05) is 25.2 Å². The standard InChI is InChI=1S/C17H22N6O3/c1-10-8-11(2)23(21-10)17-19-14(18-12(3)24)9-15(20-17)22-7-5-6-13(22)16(25)26-4/h8-9,13H,5-7H2,1-4H3,(H,18,19,20,24)/t13-/m0/s1. The van der Waals surface area contributed by atoms with E-state index in [1.54, 1.807) is 10.7 Å². The third-order valence-corrected chi connectivity index (χ3v) is 4.22. The number of amides is 1. The van der Waals surface area contributed by atoms with Crippen molar-refractivity contribution in [3.63, 3.8) is 0 Å². The minimum absolute atomic E-state index is 0.236. The fourth-order valence-corrected chi connectivity index (χ4v) is 3.16. The Hall–Kier alpha value is -2.97. The van der Waals surface area contributed by atoms with E-state index in [1.165, 1.54) is 14.0 Å². The van der Waals surface area contributed by atoms with E-state index in [9.17, 15) is 9.59 Å². The molecule has 1 atom stereocenters. The fraction of sp³-hybridized carbons (Fsp3) is 0.471. The Bertz CT molecular complexity index is 847. The lowest BCUT2D eigenvalue weighted by Gasteiger charge is -2.24. The van der Waals surface area contributed by atoms with Gasteiger partial charge < -0.3 is 15.0 Å². The average Bonchev–Trinajstić information content (AvgIpc) is 3.19. The highest BCUT2D eigenvalue weighted by atomic mass is 16.5. The van der Waals surface area contributed by atoms with E-state index >= 15 is 0 Å². The molecule has 2 aromatic heterocycles. The molecule has 0 spiro atoms. The second-order valence-electron chi connectivity index (χ2n) is 6.31. The van der Waals surface area contributed by atoms with Crippen molar-refractivity contribution in [3.05, 3.63) is 23.5 Å². The van der Waals surface area contributed by atoms with E-state index in [-0.39, 0.29) is 11.9 Å². The topological polar surface area (TPSA) is 102 Å². The van der Waals surface area contributed by atoms with E-state index in [2.05, 4.69) is 20.4 Å². The number of rotatable bonds is 4. The van der Waals surface area contributed by atoms with Crippen molar-refractivity contribution < 1.29 is 14.3 Å². The van der Waals surface area contributed by atoms with Gasteiger partial charge in [-0.3, -0.25) is 4.79 Å². The first kappa shape index (κ1) is 17.8. The van der Waals surface area contributed by atoms with Gasteiger partial charge in [0.25, 0.3) is 5.95 Å². The van der Waals surface area contributed by atoms with Gasteiger partial charge in [-0.1, -0.05) is 0 Å². The number of ether oxygens (including phenoxy) is 1. The van der Waals surface area contributed by atoms with Crippen molar-refractivity contribution in [1.82, 2.24) is 19.7 Å². The monoisotopic (exact) mass is 358 g/mol. The number of anilines is 2. The zero-order chi connectivity index (χ0) is 18.8. The van der Waals surface area contributed by atoms with Crippen LogP contribution < -0.4 is 10.2 Å². The molecule has 1 saturated heterocycles. The summed E-state index contributed by atoms with van der Waals surface area (Å²) in [4.78, 5) is 34.4. The predicted molar refractivity (Wildman–Crippen MR) is 95.3 cm³/mol. The maximum absolute atomic E-state index is 12.1. The number of methoxy groups -OCH3 is 1. The van der Waals surface area contributed by atoms with E-state index in [0.717, 1.165) is 17.8 Å². The summed E-state index contributed by atoms with van der Waals surface area (Å²) in [6.45, 7) is 5.88. The summed E-state index contributed by atoms with van der Waals surface area (Å²) in [5.41, 5.74) is 1.71. The quantitative estimate of drug-likeness (QED) is 0.824. The number of hydrogen-bond acceptors (Lipinski definition) is 7. The molecular weight excluding hydrogens is 336 g/mol. The lowest BCUT2D eigenvalue weighted by molar-refractivity contribution is -0.142. The number of nitrogens with zero attached hydrogens (tertiary/aromatic N) is 5. The van der Waals surface area contributed by atoms with Crippen LogP contribution in [-0.2, 0) is 14.3 Å². The molecule has 0 aliphatic carbocycles. The molecule has 3 heterocycles. The summed E-state index contributed by atoms with van der Waals surface area (Å²) < 4.78 is 6.53. The summed E-state index contributed by atoms with van der Waals surface area (Å²) >= 11 is 0. The molecule has 0 radical (unpaired) electrons. The largest absolute Gasteiger partial charge is 0.467 e. The van der Waals surface area contributed by atoms with E-state index in [1.807, 2.05) is 24.8 Å². The Morgan fingerprint density at radius 3 is 2.65 bits per heavy atom. The molecule has 0 saturated carbocycles. The van der Waals surface area contributed by atoms with Crippen LogP contribution in [-0.4, -0.2) is 51.3 Å². The maximum Gasteiger partial charge on any atom is 0.328 e. The first-order chi connectivity index (χ1) is 12.4. The summed E-state index contributed by atoms with van der Waals surface area (Å²) in [6, 6.07) is 3.19. The first-order valence-electron chi connectivity index (χ1n) is 8.44. The maximum atomic E-state index is 12.1. The van der Waals surface area contributed by atoms with Gasteiger partial charge in [-0.05, 0) is 32.8 Å². The second kappa shape index (κ2) is 7.11. The SMILES string of the molecule is COC(=O)[C@@H]1CCCN1c1cc(NC(C)=O)nc(-n2nc(C)cc2C)n1. The molecule has 9 heteroatoms. The minimum Gasteiger partial charge on any atom is -0.467 e. The molecule has 138 valence electrons. The third kappa shape index (κ3) is 3.51. The van der Waals surface area contributed by atoms with Crippen LogP contribution in [0.25, 0.3) is 5.95 Å². The first-order valence-corrected chi connectivity index (χ1v) is 8.44. The number of carbonyl (C=O) groups is 2. The van der Waals surface area contributed by atoms with Crippen molar-refractivity contribution in [1.29, 1.82) is 0 Å². The third-order valence-electron chi connectivity index (χ3n) is 4.22. The van der Waals surface area contributed by atoms with Crippen LogP contribution in [0.3, 0.4) is 0 Å². The van der Waals surface area contributed by atoms with Gasteiger partial charge in [-0.2, -0.15) is 15.1 Å². The van der Waals surface area contributed by atoms with Crippen molar-refractivity contribution in [3.8, 4) is 5.95 Å². The second-order valence-corrected chi connectivity index (χ2v) is 6.31. The number of aryl methyl sites for hydroxylation is 2. The summed E-state index contributed by atoms with van der Waals surface area (Å²) in [5, 5.41) is 7.10. The molecule has 1 N–H and O–H groups in total. The van der Waals surface area contributed by atoms with Gasteiger partial charge in [-0.15, -0.1) is 0 Å². The van der Waals surface area contributed by atoms with Crippen molar-refractivity contribution in [2.75, 3.05) is 23.9 Å². The van der Waals surface area contributed by atoms with E-state index < -0.39 is 6.04 Å². The number of carbonyl (C=O) groups excluding carboxylic acids is 2. The number of aromatic nitrogens is 4. The zero-order valence-corrected chi connectivity index (χ0v) is 15.3. The van der Waals surface area contributed by atoms with Gasteiger partial charge in [0.15, 0.2) is 0 Å². The normalized spacial score (nSPS) is 16.6. The Morgan fingerprint density at radius 2 is 2.04 bits per heavy atom. The van der Waals surface area contributed by atoms with Crippen LogP contribution in [0.2, 0.25) is 0 Å². The molecule has 0 aromatic carbocycles. The highest BCUT2D eigenvalue weighted by Crippen LogP contribution is 2.27. The van der Waals surface area contributed by atoms with Crippen molar-refractivity contribution in [2.45, 2.75) is 39.7 Å². The van der Waals surface area contributed by atoms with Gasteiger partial charge in [0.05, 0.1) is 12.8 Å². The van der Waals surface area contributed by atoms with Crippen LogP contribution >= 0.6 is 0 Å².